The van der Waals surface area contributed by atoms with E-state index in [0.29, 0.717) is 13.0 Å². The molecule has 0 saturated carbocycles. The molecule has 0 fully saturated rings. The first-order chi connectivity index (χ1) is 10.8. The van der Waals surface area contributed by atoms with Gasteiger partial charge in [-0.25, -0.2) is 9.67 Å². The van der Waals surface area contributed by atoms with Crippen LogP contribution in [0.2, 0.25) is 0 Å². The van der Waals surface area contributed by atoms with Gasteiger partial charge in [-0.3, -0.25) is 4.79 Å². The summed E-state index contributed by atoms with van der Waals surface area (Å²) >= 11 is 0. The number of halogens is 2. The molecule has 0 aliphatic heterocycles. The lowest BCUT2D eigenvalue weighted by atomic mass is 10.1. The molecule has 3 N–H and O–H groups in total. The molecule has 0 aliphatic carbocycles. The van der Waals surface area contributed by atoms with E-state index in [1.54, 1.807) is 11.0 Å². The maximum Gasteiger partial charge on any atom is 0.220 e. The van der Waals surface area contributed by atoms with Crippen LogP contribution in [0.15, 0.2) is 36.9 Å². The number of nitrogens with zero attached hydrogens (tertiary/aromatic N) is 3. The van der Waals surface area contributed by atoms with Crippen LogP contribution in [0.5, 0.6) is 0 Å². The topological polar surface area (TPSA) is 85.8 Å². The SMILES string of the molecule is Cl.Cl.NCCCCCCC(=O)NCc1ccc(-n2cncn2)cc1. The summed E-state index contributed by atoms with van der Waals surface area (Å²) in [7, 11) is 0. The highest BCUT2D eigenvalue weighted by atomic mass is 35.5. The van der Waals surface area contributed by atoms with Crippen molar-refractivity contribution in [3.05, 3.63) is 42.5 Å². The number of rotatable bonds is 9. The molecular formula is C16H25Cl2N5O. The van der Waals surface area contributed by atoms with Gasteiger partial charge >= 0.3 is 0 Å². The highest BCUT2D eigenvalue weighted by Gasteiger charge is 2.02. The molecule has 0 aliphatic rings. The average molecular weight is 374 g/mol. The van der Waals surface area contributed by atoms with E-state index in [-0.39, 0.29) is 30.7 Å². The van der Waals surface area contributed by atoms with Gasteiger partial charge in [-0.2, -0.15) is 5.10 Å². The molecule has 2 aromatic rings. The van der Waals surface area contributed by atoms with Crippen molar-refractivity contribution in [3.63, 3.8) is 0 Å². The molecule has 8 heteroatoms. The molecule has 1 amide bonds. The molecule has 0 saturated heterocycles. The Morgan fingerprint density at radius 3 is 2.42 bits per heavy atom. The zero-order valence-corrected chi connectivity index (χ0v) is 15.2. The number of nitrogens with one attached hydrogen (secondary N) is 1. The van der Waals surface area contributed by atoms with Crippen molar-refractivity contribution >= 4 is 30.7 Å². The minimum atomic E-state index is 0. The number of carbonyl (C=O) groups is 1. The van der Waals surface area contributed by atoms with Crippen molar-refractivity contribution in [3.8, 4) is 5.69 Å². The number of hydrogen-bond donors (Lipinski definition) is 2. The summed E-state index contributed by atoms with van der Waals surface area (Å²) in [6.07, 6.45) is 7.88. The van der Waals surface area contributed by atoms with Crippen LogP contribution in [0.1, 0.15) is 37.7 Å². The first-order valence-electron chi connectivity index (χ1n) is 7.70. The van der Waals surface area contributed by atoms with Crippen LogP contribution in [0, 0.1) is 0 Å². The second-order valence-electron chi connectivity index (χ2n) is 5.24. The monoisotopic (exact) mass is 373 g/mol. The molecule has 1 heterocycles. The minimum absolute atomic E-state index is 0. The van der Waals surface area contributed by atoms with E-state index in [2.05, 4.69) is 15.4 Å². The molecular weight excluding hydrogens is 349 g/mol. The zero-order valence-electron chi connectivity index (χ0n) is 13.6. The fourth-order valence-electron chi connectivity index (χ4n) is 2.18. The lowest BCUT2D eigenvalue weighted by molar-refractivity contribution is -0.121. The number of nitrogens with two attached hydrogens (primary N) is 1. The van der Waals surface area contributed by atoms with Crippen LogP contribution in [0.3, 0.4) is 0 Å². The first kappa shape index (κ1) is 22.4. The smallest absolute Gasteiger partial charge is 0.220 e. The summed E-state index contributed by atoms with van der Waals surface area (Å²) in [4.78, 5) is 15.7. The fourth-order valence-corrected chi connectivity index (χ4v) is 2.18. The molecule has 134 valence electrons. The number of hydrogen-bond acceptors (Lipinski definition) is 4. The van der Waals surface area contributed by atoms with Gasteiger partial charge in [0.2, 0.25) is 5.91 Å². The van der Waals surface area contributed by atoms with Crippen LogP contribution < -0.4 is 11.1 Å². The summed E-state index contributed by atoms with van der Waals surface area (Å²) in [5, 5.41) is 7.02. The third kappa shape index (κ3) is 7.77. The van der Waals surface area contributed by atoms with Gasteiger partial charge in [-0.15, -0.1) is 24.8 Å². The van der Waals surface area contributed by atoms with Crippen LogP contribution in [0.25, 0.3) is 5.69 Å². The van der Waals surface area contributed by atoms with Gasteiger partial charge in [0.1, 0.15) is 12.7 Å². The van der Waals surface area contributed by atoms with E-state index < -0.39 is 0 Å². The van der Waals surface area contributed by atoms with Gasteiger partial charge < -0.3 is 11.1 Å². The van der Waals surface area contributed by atoms with E-state index >= 15 is 0 Å². The number of amides is 1. The van der Waals surface area contributed by atoms with Crippen molar-refractivity contribution in [1.82, 2.24) is 20.1 Å². The third-order valence-corrected chi connectivity index (χ3v) is 3.47. The minimum Gasteiger partial charge on any atom is -0.352 e. The third-order valence-electron chi connectivity index (χ3n) is 3.47. The Labute approximate surface area is 155 Å². The zero-order chi connectivity index (χ0) is 15.6. The molecule has 24 heavy (non-hydrogen) atoms. The van der Waals surface area contributed by atoms with Crippen molar-refractivity contribution < 1.29 is 4.79 Å². The van der Waals surface area contributed by atoms with Crippen molar-refractivity contribution in [2.45, 2.75) is 38.6 Å². The number of benzene rings is 1. The van der Waals surface area contributed by atoms with Crippen LogP contribution in [-0.4, -0.2) is 27.2 Å². The Morgan fingerprint density at radius 2 is 1.79 bits per heavy atom. The van der Waals surface area contributed by atoms with E-state index in [1.807, 2.05) is 24.3 Å². The summed E-state index contributed by atoms with van der Waals surface area (Å²) < 4.78 is 1.70. The Morgan fingerprint density at radius 1 is 1.08 bits per heavy atom. The van der Waals surface area contributed by atoms with Crippen molar-refractivity contribution in [2.75, 3.05) is 6.54 Å². The van der Waals surface area contributed by atoms with Gasteiger partial charge in [0.25, 0.3) is 0 Å². The molecule has 0 radical (unpaired) electrons. The average Bonchev–Trinajstić information content (AvgIpc) is 3.08. The second kappa shape index (κ2) is 12.8. The molecule has 0 spiro atoms. The van der Waals surface area contributed by atoms with Gasteiger partial charge in [-0.1, -0.05) is 25.0 Å². The number of carbonyl (C=O) groups excluding carboxylic acids is 1. The molecule has 0 unspecified atom stereocenters. The Hall–Kier alpha value is -1.63. The second-order valence-corrected chi connectivity index (χ2v) is 5.24. The summed E-state index contributed by atoms with van der Waals surface area (Å²) in [5.74, 6) is 0.105. The fraction of sp³-hybridized carbons (Fsp3) is 0.438. The Bertz CT molecular complexity index is 560. The van der Waals surface area contributed by atoms with Crippen LogP contribution in [0.4, 0.5) is 0 Å². The van der Waals surface area contributed by atoms with E-state index in [1.165, 1.54) is 6.33 Å². The highest BCUT2D eigenvalue weighted by molar-refractivity contribution is 5.85. The molecule has 1 aromatic heterocycles. The maximum absolute atomic E-state index is 11.7. The molecule has 2 rings (SSSR count). The summed E-state index contributed by atoms with van der Waals surface area (Å²) in [6.45, 7) is 1.29. The van der Waals surface area contributed by atoms with Gasteiger partial charge in [-0.05, 0) is 37.1 Å². The Kier molecular flexibility index (Phi) is 11.9. The highest BCUT2D eigenvalue weighted by Crippen LogP contribution is 2.08. The van der Waals surface area contributed by atoms with Crippen LogP contribution >= 0.6 is 24.8 Å². The molecule has 6 nitrogen and oxygen atoms in total. The predicted molar refractivity (Wildman–Crippen MR) is 99.8 cm³/mol. The molecule has 0 bridgehead atoms. The summed E-state index contributed by atoms with van der Waals surface area (Å²) in [6, 6.07) is 7.89. The van der Waals surface area contributed by atoms with Crippen molar-refractivity contribution in [2.24, 2.45) is 5.73 Å². The van der Waals surface area contributed by atoms with E-state index in [0.717, 1.165) is 43.5 Å². The number of unbranched alkanes of at least 4 members (excludes halogenated alkanes) is 3. The quantitative estimate of drug-likeness (QED) is 0.661. The largest absolute Gasteiger partial charge is 0.352 e. The van der Waals surface area contributed by atoms with Gasteiger partial charge in [0, 0.05) is 13.0 Å². The lowest BCUT2D eigenvalue weighted by Crippen LogP contribution is -2.22. The summed E-state index contributed by atoms with van der Waals surface area (Å²) in [5.41, 5.74) is 7.46. The predicted octanol–water partition coefficient (Wildman–Crippen LogP) is 2.64. The normalized spacial score (nSPS) is 9.71. The van der Waals surface area contributed by atoms with E-state index in [4.69, 9.17) is 5.73 Å². The van der Waals surface area contributed by atoms with Crippen LogP contribution in [-0.2, 0) is 11.3 Å². The first-order valence-corrected chi connectivity index (χ1v) is 7.70. The molecule has 0 atom stereocenters. The molecule has 1 aromatic carbocycles. The van der Waals surface area contributed by atoms with Gasteiger partial charge in [0.05, 0.1) is 5.69 Å². The van der Waals surface area contributed by atoms with E-state index in [9.17, 15) is 4.79 Å². The Balaban J connectivity index is 0.00000264. The van der Waals surface area contributed by atoms with Gasteiger partial charge in [0.15, 0.2) is 0 Å². The van der Waals surface area contributed by atoms with Crippen molar-refractivity contribution in [1.29, 1.82) is 0 Å². The number of aromatic nitrogens is 3. The standard InChI is InChI=1S/C16H23N5O.2ClH/c17-10-4-2-1-3-5-16(22)19-11-14-6-8-15(9-7-14)21-13-18-12-20-21;;/h6-9,12-13H,1-5,10-11,17H2,(H,19,22);2*1H. The lowest BCUT2D eigenvalue weighted by Gasteiger charge is -2.06. The maximum atomic E-state index is 11.7.